The maximum atomic E-state index is 12.7. The van der Waals surface area contributed by atoms with Crippen LogP contribution in [0.3, 0.4) is 0 Å². The molecule has 2 aromatic carbocycles. The highest BCUT2D eigenvalue weighted by molar-refractivity contribution is 6.04. The summed E-state index contributed by atoms with van der Waals surface area (Å²) in [5, 5.41) is 3.24. The van der Waals surface area contributed by atoms with Crippen molar-refractivity contribution in [2.75, 3.05) is 38.0 Å². The van der Waals surface area contributed by atoms with Crippen LogP contribution in [-0.4, -0.2) is 43.7 Å². The van der Waals surface area contributed by atoms with Gasteiger partial charge in [-0.05, 0) is 36.2 Å². The molecule has 0 aliphatic heterocycles. The van der Waals surface area contributed by atoms with Crippen LogP contribution in [0.25, 0.3) is 0 Å². The first kappa shape index (κ1) is 20.1. The van der Waals surface area contributed by atoms with Crippen LogP contribution in [0.15, 0.2) is 60.9 Å². The molecule has 1 aromatic heterocycles. The Bertz CT molecular complexity index is 963. The number of carbonyl (C=O) groups is 1. The number of nitrogens with one attached hydrogen (secondary N) is 1. The Hall–Kier alpha value is -3.61. The highest BCUT2D eigenvalue weighted by atomic mass is 16.5. The molecule has 7 nitrogen and oxygen atoms in total. The van der Waals surface area contributed by atoms with E-state index in [1.807, 2.05) is 48.5 Å². The maximum absolute atomic E-state index is 12.7. The number of benzene rings is 2. The average Bonchev–Trinajstić information content (AvgIpc) is 2.78. The summed E-state index contributed by atoms with van der Waals surface area (Å²) in [6, 6.07) is 16.9. The zero-order valence-corrected chi connectivity index (χ0v) is 16.8. The van der Waals surface area contributed by atoms with E-state index in [9.17, 15) is 4.79 Å². The summed E-state index contributed by atoms with van der Waals surface area (Å²) in [5.74, 6) is 1.81. The van der Waals surface area contributed by atoms with Gasteiger partial charge in [-0.25, -0.2) is 9.97 Å². The Labute approximate surface area is 170 Å². The highest BCUT2D eigenvalue weighted by Crippen LogP contribution is 2.27. The quantitative estimate of drug-likeness (QED) is 0.633. The van der Waals surface area contributed by atoms with Crippen LogP contribution in [0.4, 0.5) is 11.5 Å². The molecule has 0 atom stereocenters. The lowest BCUT2D eigenvalue weighted by atomic mass is 10.1. The number of hydrogen-bond donors (Lipinski definition) is 1. The normalized spacial score (nSPS) is 10.3. The molecular weight excluding hydrogens is 368 g/mol. The van der Waals surface area contributed by atoms with Gasteiger partial charge in [0.2, 0.25) is 0 Å². The molecule has 0 radical (unpaired) electrons. The van der Waals surface area contributed by atoms with Crippen LogP contribution in [0.2, 0.25) is 0 Å². The Kier molecular flexibility index (Phi) is 6.63. The fourth-order valence-electron chi connectivity index (χ4n) is 2.88. The first-order chi connectivity index (χ1) is 14.1. The molecule has 0 saturated heterocycles. The molecular formula is C22H24N4O3. The predicted octanol–water partition coefficient (Wildman–Crippen LogP) is 3.43. The molecule has 150 valence electrons. The second-order valence-corrected chi connectivity index (χ2v) is 6.35. The van der Waals surface area contributed by atoms with Gasteiger partial charge in [-0.2, -0.15) is 0 Å². The van der Waals surface area contributed by atoms with E-state index in [-0.39, 0.29) is 5.91 Å². The monoisotopic (exact) mass is 392 g/mol. The molecule has 0 fully saturated rings. The largest absolute Gasteiger partial charge is 0.493 e. The molecule has 0 unspecified atom stereocenters. The Balaban J connectivity index is 1.62. The zero-order valence-electron chi connectivity index (χ0n) is 16.8. The number of rotatable bonds is 8. The lowest BCUT2D eigenvalue weighted by Gasteiger charge is -2.17. The van der Waals surface area contributed by atoms with Gasteiger partial charge in [0.25, 0.3) is 5.91 Å². The summed E-state index contributed by atoms with van der Waals surface area (Å²) in [6.45, 7) is 0.647. The van der Waals surface area contributed by atoms with Gasteiger partial charge in [0, 0.05) is 25.3 Å². The van der Waals surface area contributed by atoms with Gasteiger partial charge in [-0.3, -0.25) is 4.79 Å². The smallest absolute Gasteiger partial charge is 0.276 e. The van der Waals surface area contributed by atoms with Crippen molar-refractivity contribution in [2.24, 2.45) is 0 Å². The second-order valence-electron chi connectivity index (χ2n) is 6.35. The van der Waals surface area contributed by atoms with E-state index >= 15 is 0 Å². The van der Waals surface area contributed by atoms with Crippen molar-refractivity contribution in [3.63, 3.8) is 0 Å². The van der Waals surface area contributed by atoms with Gasteiger partial charge in [0.05, 0.1) is 14.2 Å². The molecule has 0 aliphatic rings. The van der Waals surface area contributed by atoms with Crippen molar-refractivity contribution < 1.29 is 14.3 Å². The lowest BCUT2D eigenvalue weighted by Crippen LogP contribution is -2.27. The van der Waals surface area contributed by atoms with Crippen molar-refractivity contribution in [1.29, 1.82) is 0 Å². The number of para-hydroxylation sites is 1. The van der Waals surface area contributed by atoms with Crippen LogP contribution >= 0.6 is 0 Å². The summed E-state index contributed by atoms with van der Waals surface area (Å²) >= 11 is 0. The predicted molar refractivity (Wildman–Crippen MR) is 113 cm³/mol. The molecule has 1 heterocycles. The Morgan fingerprint density at radius 1 is 1.00 bits per heavy atom. The second kappa shape index (κ2) is 9.54. The average molecular weight is 392 g/mol. The first-order valence-electron chi connectivity index (χ1n) is 9.22. The summed E-state index contributed by atoms with van der Waals surface area (Å²) in [4.78, 5) is 22.6. The fourth-order valence-corrected chi connectivity index (χ4v) is 2.88. The van der Waals surface area contributed by atoms with Gasteiger partial charge in [0.15, 0.2) is 11.5 Å². The third-order valence-corrected chi connectivity index (χ3v) is 4.50. The minimum Gasteiger partial charge on any atom is -0.493 e. The number of hydrogen-bond acceptors (Lipinski definition) is 6. The molecule has 1 N–H and O–H groups in total. The number of amides is 1. The van der Waals surface area contributed by atoms with Gasteiger partial charge < -0.3 is 19.7 Å². The number of aromatic nitrogens is 2. The molecule has 3 aromatic rings. The molecule has 1 amide bonds. The standard InChI is InChI=1S/C22H24N4O3/c1-26(17-7-5-4-6-8-17)22(27)18-14-21(25-15-24-18)23-12-11-16-9-10-19(28-2)20(13-16)29-3/h4-10,13-15H,11-12H2,1-3H3,(H,23,24,25). The number of anilines is 2. The molecule has 3 rings (SSSR count). The topological polar surface area (TPSA) is 76.6 Å². The third kappa shape index (κ3) is 5.01. The van der Waals surface area contributed by atoms with E-state index in [0.717, 1.165) is 17.7 Å². The molecule has 0 saturated carbocycles. The molecule has 7 heteroatoms. The zero-order chi connectivity index (χ0) is 20.6. The van der Waals surface area contributed by atoms with E-state index < -0.39 is 0 Å². The molecule has 29 heavy (non-hydrogen) atoms. The van der Waals surface area contributed by atoms with E-state index in [1.165, 1.54) is 6.33 Å². The fraction of sp³-hybridized carbons (Fsp3) is 0.227. The Morgan fingerprint density at radius 2 is 1.76 bits per heavy atom. The summed E-state index contributed by atoms with van der Waals surface area (Å²) in [7, 11) is 4.96. The van der Waals surface area contributed by atoms with E-state index in [4.69, 9.17) is 9.47 Å². The van der Waals surface area contributed by atoms with Crippen molar-refractivity contribution in [1.82, 2.24) is 9.97 Å². The van der Waals surface area contributed by atoms with Crippen LogP contribution < -0.4 is 19.7 Å². The van der Waals surface area contributed by atoms with Gasteiger partial charge in [-0.1, -0.05) is 24.3 Å². The number of methoxy groups -OCH3 is 2. The molecule has 0 bridgehead atoms. The van der Waals surface area contributed by atoms with Crippen LogP contribution in [0, 0.1) is 0 Å². The maximum Gasteiger partial charge on any atom is 0.276 e. The summed E-state index contributed by atoms with van der Waals surface area (Å²) < 4.78 is 10.6. The van der Waals surface area contributed by atoms with Crippen molar-refractivity contribution in [2.45, 2.75) is 6.42 Å². The number of carbonyl (C=O) groups excluding carboxylic acids is 1. The van der Waals surface area contributed by atoms with Crippen LogP contribution in [0.1, 0.15) is 16.1 Å². The third-order valence-electron chi connectivity index (χ3n) is 4.50. The number of ether oxygens (including phenoxy) is 2. The highest BCUT2D eigenvalue weighted by Gasteiger charge is 2.15. The summed E-state index contributed by atoms with van der Waals surface area (Å²) in [5.41, 5.74) is 2.24. The van der Waals surface area contributed by atoms with Gasteiger partial charge in [0.1, 0.15) is 17.8 Å². The van der Waals surface area contributed by atoms with Gasteiger partial charge >= 0.3 is 0 Å². The minimum absolute atomic E-state index is 0.193. The first-order valence-corrected chi connectivity index (χ1v) is 9.22. The van der Waals surface area contributed by atoms with Crippen LogP contribution in [-0.2, 0) is 6.42 Å². The van der Waals surface area contributed by atoms with E-state index in [1.54, 1.807) is 32.2 Å². The number of nitrogens with zero attached hydrogens (tertiary/aromatic N) is 3. The lowest BCUT2D eigenvalue weighted by molar-refractivity contribution is 0.0988. The van der Waals surface area contributed by atoms with Gasteiger partial charge in [-0.15, -0.1) is 0 Å². The SMILES string of the molecule is COc1ccc(CCNc2cc(C(=O)N(C)c3ccccc3)ncn2)cc1OC. The molecule has 0 spiro atoms. The van der Waals surface area contributed by atoms with Crippen molar-refractivity contribution >= 4 is 17.4 Å². The molecule has 0 aliphatic carbocycles. The van der Waals surface area contributed by atoms with E-state index in [2.05, 4.69) is 15.3 Å². The van der Waals surface area contributed by atoms with E-state index in [0.29, 0.717) is 29.6 Å². The Morgan fingerprint density at radius 3 is 2.48 bits per heavy atom. The summed E-state index contributed by atoms with van der Waals surface area (Å²) in [6.07, 6.45) is 2.16. The van der Waals surface area contributed by atoms with Crippen molar-refractivity contribution in [3.05, 3.63) is 72.2 Å². The van der Waals surface area contributed by atoms with Crippen LogP contribution in [0.5, 0.6) is 11.5 Å². The minimum atomic E-state index is -0.193. The van der Waals surface area contributed by atoms with Crippen molar-refractivity contribution in [3.8, 4) is 11.5 Å².